The van der Waals surface area contributed by atoms with Crippen molar-refractivity contribution >= 4 is 11.6 Å². The molecule has 0 fully saturated rings. The second-order valence-corrected chi connectivity index (χ2v) is 4.18. The molecule has 0 unspecified atom stereocenters. The normalized spacial score (nSPS) is 10.1. The minimum atomic E-state index is 0.714. The third-order valence-corrected chi connectivity index (χ3v) is 2.87. The van der Waals surface area contributed by atoms with Crippen molar-refractivity contribution in [2.75, 3.05) is 31.4 Å². The molecule has 0 saturated carbocycles. The molecule has 0 radical (unpaired) electrons. The molecular formula is C14H18N4O. The van der Waals surface area contributed by atoms with Crippen LogP contribution in [0, 0.1) is 0 Å². The van der Waals surface area contributed by atoms with Crippen LogP contribution in [0.4, 0.5) is 11.6 Å². The summed E-state index contributed by atoms with van der Waals surface area (Å²) in [4.78, 5) is 10.7. The Morgan fingerprint density at radius 1 is 1.26 bits per heavy atom. The van der Waals surface area contributed by atoms with Crippen LogP contribution in [0.15, 0.2) is 36.7 Å². The summed E-state index contributed by atoms with van der Waals surface area (Å²) in [7, 11) is 5.49. The third-order valence-electron chi connectivity index (χ3n) is 2.87. The quantitative estimate of drug-likeness (QED) is 0.890. The highest BCUT2D eigenvalue weighted by molar-refractivity contribution is 5.45. The van der Waals surface area contributed by atoms with Crippen LogP contribution in [0.5, 0.6) is 5.75 Å². The molecule has 0 aliphatic heterocycles. The number of anilines is 2. The van der Waals surface area contributed by atoms with E-state index in [2.05, 4.69) is 15.3 Å². The molecule has 5 heteroatoms. The number of rotatable bonds is 5. The summed E-state index contributed by atoms with van der Waals surface area (Å²) in [5.74, 6) is 2.45. The highest BCUT2D eigenvalue weighted by atomic mass is 16.5. The van der Waals surface area contributed by atoms with E-state index in [9.17, 15) is 0 Å². The van der Waals surface area contributed by atoms with Gasteiger partial charge in [0, 0.05) is 26.2 Å². The topological polar surface area (TPSA) is 50.3 Å². The summed E-state index contributed by atoms with van der Waals surface area (Å²) in [6, 6.07) is 7.97. The molecule has 2 aromatic rings. The largest absolute Gasteiger partial charge is 0.496 e. The summed E-state index contributed by atoms with van der Waals surface area (Å²) >= 11 is 0. The number of hydrogen-bond donors (Lipinski definition) is 1. The monoisotopic (exact) mass is 258 g/mol. The Kier molecular flexibility index (Phi) is 4.18. The molecule has 0 aliphatic carbocycles. The molecule has 19 heavy (non-hydrogen) atoms. The minimum Gasteiger partial charge on any atom is -0.496 e. The van der Waals surface area contributed by atoms with Crippen LogP contribution in [0.3, 0.4) is 0 Å². The first-order valence-electron chi connectivity index (χ1n) is 6.07. The van der Waals surface area contributed by atoms with E-state index in [0.29, 0.717) is 6.54 Å². The van der Waals surface area contributed by atoms with Gasteiger partial charge in [-0.15, -0.1) is 0 Å². The van der Waals surface area contributed by atoms with Crippen molar-refractivity contribution in [1.29, 1.82) is 0 Å². The molecule has 2 rings (SSSR count). The van der Waals surface area contributed by atoms with Gasteiger partial charge in [-0.25, -0.2) is 4.98 Å². The zero-order valence-electron chi connectivity index (χ0n) is 11.4. The number of methoxy groups -OCH3 is 1. The van der Waals surface area contributed by atoms with E-state index in [1.165, 1.54) is 0 Å². The van der Waals surface area contributed by atoms with Gasteiger partial charge in [-0.2, -0.15) is 0 Å². The van der Waals surface area contributed by atoms with Gasteiger partial charge in [-0.05, 0) is 6.07 Å². The first kappa shape index (κ1) is 13.1. The molecule has 5 nitrogen and oxygen atoms in total. The van der Waals surface area contributed by atoms with Crippen LogP contribution in [0.2, 0.25) is 0 Å². The van der Waals surface area contributed by atoms with Crippen LogP contribution < -0.4 is 15.0 Å². The third kappa shape index (κ3) is 3.13. The van der Waals surface area contributed by atoms with Crippen LogP contribution in [0.1, 0.15) is 5.56 Å². The molecule has 1 heterocycles. The Morgan fingerprint density at radius 2 is 2.05 bits per heavy atom. The second-order valence-electron chi connectivity index (χ2n) is 4.18. The molecule has 0 spiro atoms. The number of nitrogens with one attached hydrogen (secondary N) is 1. The first-order valence-corrected chi connectivity index (χ1v) is 6.07. The fraction of sp³-hybridized carbons (Fsp3) is 0.286. The maximum Gasteiger partial charge on any atom is 0.149 e. The van der Waals surface area contributed by atoms with E-state index in [1.54, 1.807) is 19.5 Å². The SMILES string of the molecule is CNc1cncc(N(C)Cc2ccccc2OC)n1. The lowest BCUT2D eigenvalue weighted by atomic mass is 10.2. The summed E-state index contributed by atoms with van der Waals surface area (Å²) in [6.45, 7) is 0.714. The van der Waals surface area contributed by atoms with E-state index in [4.69, 9.17) is 4.74 Å². The van der Waals surface area contributed by atoms with Gasteiger partial charge in [0.05, 0.1) is 19.5 Å². The molecule has 1 N–H and O–H groups in total. The fourth-order valence-electron chi connectivity index (χ4n) is 1.83. The summed E-state index contributed by atoms with van der Waals surface area (Å²) in [6.07, 6.45) is 3.44. The van der Waals surface area contributed by atoms with Crippen molar-refractivity contribution < 1.29 is 4.74 Å². The Balaban J connectivity index is 2.18. The number of aromatic nitrogens is 2. The van der Waals surface area contributed by atoms with Gasteiger partial charge in [0.25, 0.3) is 0 Å². The average molecular weight is 258 g/mol. The van der Waals surface area contributed by atoms with E-state index in [0.717, 1.165) is 22.9 Å². The van der Waals surface area contributed by atoms with E-state index in [-0.39, 0.29) is 0 Å². The molecule has 0 atom stereocenters. The van der Waals surface area contributed by atoms with Crippen LogP contribution in [0.25, 0.3) is 0 Å². The van der Waals surface area contributed by atoms with Crippen LogP contribution in [-0.2, 0) is 6.54 Å². The zero-order valence-corrected chi connectivity index (χ0v) is 11.4. The molecule has 100 valence electrons. The van der Waals surface area contributed by atoms with Crippen molar-refractivity contribution in [2.24, 2.45) is 0 Å². The number of nitrogens with zero attached hydrogens (tertiary/aromatic N) is 3. The summed E-state index contributed by atoms with van der Waals surface area (Å²) < 4.78 is 5.35. The van der Waals surface area contributed by atoms with Gasteiger partial charge < -0.3 is 15.0 Å². The van der Waals surface area contributed by atoms with Gasteiger partial charge in [0.1, 0.15) is 17.4 Å². The van der Waals surface area contributed by atoms with Crippen molar-refractivity contribution in [3.63, 3.8) is 0 Å². The predicted octanol–water partition coefficient (Wildman–Crippen LogP) is 2.16. The van der Waals surface area contributed by atoms with E-state index >= 15 is 0 Å². The van der Waals surface area contributed by atoms with E-state index < -0.39 is 0 Å². The van der Waals surface area contributed by atoms with Gasteiger partial charge in [0.2, 0.25) is 0 Å². The lowest BCUT2D eigenvalue weighted by Gasteiger charge is -2.19. The number of ether oxygens (including phenoxy) is 1. The molecule has 0 bridgehead atoms. The zero-order chi connectivity index (χ0) is 13.7. The molecule has 0 saturated heterocycles. The number of hydrogen-bond acceptors (Lipinski definition) is 5. The Morgan fingerprint density at radius 3 is 2.79 bits per heavy atom. The van der Waals surface area contributed by atoms with Gasteiger partial charge in [-0.3, -0.25) is 4.98 Å². The lowest BCUT2D eigenvalue weighted by Crippen LogP contribution is -2.18. The lowest BCUT2D eigenvalue weighted by molar-refractivity contribution is 0.409. The molecule has 0 aliphatic rings. The van der Waals surface area contributed by atoms with Crippen molar-refractivity contribution in [3.8, 4) is 5.75 Å². The number of para-hydroxylation sites is 1. The fourth-order valence-corrected chi connectivity index (χ4v) is 1.83. The smallest absolute Gasteiger partial charge is 0.149 e. The maximum atomic E-state index is 5.35. The van der Waals surface area contributed by atoms with Crippen LogP contribution in [-0.4, -0.2) is 31.2 Å². The predicted molar refractivity (Wildman–Crippen MR) is 76.7 cm³/mol. The average Bonchev–Trinajstić information content (AvgIpc) is 2.47. The minimum absolute atomic E-state index is 0.714. The van der Waals surface area contributed by atoms with Gasteiger partial charge in [-0.1, -0.05) is 18.2 Å². The Bertz CT molecular complexity index is 544. The van der Waals surface area contributed by atoms with Gasteiger partial charge in [0.15, 0.2) is 0 Å². The standard InChI is InChI=1S/C14H18N4O/c1-15-13-8-16-9-14(17-13)18(2)10-11-6-4-5-7-12(11)19-3/h4-9H,10H2,1-3H3,(H,15,17). The van der Waals surface area contributed by atoms with Gasteiger partial charge >= 0.3 is 0 Å². The molecular weight excluding hydrogens is 240 g/mol. The van der Waals surface area contributed by atoms with E-state index in [1.807, 2.05) is 43.3 Å². The first-order chi connectivity index (χ1) is 9.24. The Labute approximate surface area is 113 Å². The second kappa shape index (κ2) is 6.04. The van der Waals surface area contributed by atoms with Crippen molar-refractivity contribution in [1.82, 2.24) is 9.97 Å². The highest BCUT2D eigenvalue weighted by Gasteiger charge is 2.08. The molecule has 1 aromatic carbocycles. The Hall–Kier alpha value is -2.30. The summed E-state index contributed by atoms with van der Waals surface area (Å²) in [5.41, 5.74) is 1.11. The molecule has 0 amide bonds. The summed E-state index contributed by atoms with van der Waals surface area (Å²) in [5, 5.41) is 2.98. The van der Waals surface area contributed by atoms with Crippen molar-refractivity contribution in [3.05, 3.63) is 42.2 Å². The van der Waals surface area contributed by atoms with Crippen molar-refractivity contribution in [2.45, 2.75) is 6.54 Å². The molecule has 1 aromatic heterocycles. The maximum absolute atomic E-state index is 5.35. The number of benzene rings is 1. The highest BCUT2D eigenvalue weighted by Crippen LogP contribution is 2.21. The van der Waals surface area contributed by atoms with Crippen LogP contribution >= 0.6 is 0 Å².